The predicted octanol–water partition coefficient (Wildman–Crippen LogP) is 5.89. The molecule has 30 heavy (non-hydrogen) atoms. The summed E-state index contributed by atoms with van der Waals surface area (Å²) in [6.07, 6.45) is 0. The molecule has 0 aliphatic heterocycles. The number of hydrogen-bond donors (Lipinski definition) is 1. The molecule has 0 aliphatic rings. The Labute approximate surface area is 180 Å². The Balaban J connectivity index is 2.27. The first-order valence-corrected chi connectivity index (χ1v) is 13.2. The second-order valence-corrected chi connectivity index (χ2v) is 12.9. The highest BCUT2D eigenvalue weighted by Crippen LogP contribution is 2.47. The highest BCUT2D eigenvalue weighted by atomic mass is 28.4. The monoisotopic (exact) mass is 418 g/mol. The van der Waals surface area contributed by atoms with Crippen LogP contribution in [0, 0.1) is 5.41 Å². The average Bonchev–Trinajstić information content (AvgIpc) is 2.75. The molecule has 0 fully saturated rings. The van der Waals surface area contributed by atoms with Crippen LogP contribution in [0.25, 0.3) is 0 Å². The summed E-state index contributed by atoms with van der Waals surface area (Å²) in [5, 5.41) is 9.13. The van der Waals surface area contributed by atoms with Crippen molar-refractivity contribution in [2.75, 3.05) is 6.61 Å². The molecule has 0 atom stereocenters. The molecule has 0 saturated heterocycles. The molecular weight excluding hydrogens is 388 g/mol. The highest BCUT2D eigenvalue weighted by Gasteiger charge is 2.53. The zero-order valence-electron chi connectivity index (χ0n) is 18.1. The van der Waals surface area contributed by atoms with Crippen molar-refractivity contribution in [2.24, 2.45) is 5.41 Å². The quantitative estimate of drug-likeness (QED) is 0.366. The van der Waals surface area contributed by atoms with Gasteiger partial charge in [-0.25, -0.2) is 0 Å². The van der Waals surface area contributed by atoms with Gasteiger partial charge in [-0.3, -0.25) is 4.79 Å². The lowest BCUT2D eigenvalue weighted by molar-refractivity contribution is -0.148. The van der Waals surface area contributed by atoms with Crippen LogP contribution in [0.5, 0.6) is 0 Å². The molecule has 0 radical (unpaired) electrons. The second kappa shape index (κ2) is 8.58. The summed E-state index contributed by atoms with van der Waals surface area (Å²) in [5.41, 5.74) is 2.52. The third-order valence-electron chi connectivity index (χ3n) is 5.90. The molecule has 3 rings (SSSR count). The number of carbonyl (C=O) groups is 1. The summed E-state index contributed by atoms with van der Waals surface area (Å²) < 4.78 is 6.64. The lowest BCUT2D eigenvalue weighted by Crippen LogP contribution is -2.57. The Morgan fingerprint density at radius 3 is 1.40 bits per heavy atom. The van der Waals surface area contributed by atoms with Gasteiger partial charge < -0.3 is 9.53 Å². The lowest BCUT2D eigenvalue weighted by Gasteiger charge is -2.47. The van der Waals surface area contributed by atoms with Crippen LogP contribution < -0.4 is 0 Å². The summed E-state index contributed by atoms with van der Waals surface area (Å²) in [4.78, 5) is 11.7. The summed E-state index contributed by atoms with van der Waals surface area (Å²) in [7, 11) is -2.62. The van der Waals surface area contributed by atoms with Gasteiger partial charge >= 0.3 is 5.97 Å². The zero-order chi connectivity index (χ0) is 21.8. The normalized spacial score (nSPS) is 12.5. The van der Waals surface area contributed by atoms with E-state index < -0.39 is 24.7 Å². The number of rotatable bonds is 8. The molecule has 0 spiro atoms. The Morgan fingerprint density at radius 2 is 1.10 bits per heavy atom. The number of carboxylic acids is 1. The maximum absolute atomic E-state index is 11.7. The maximum atomic E-state index is 11.7. The molecule has 3 aromatic carbocycles. The predicted molar refractivity (Wildman–Crippen MR) is 124 cm³/mol. The van der Waals surface area contributed by atoms with Crippen molar-refractivity contribution in [3.8, 4) is 0 Å². The van der Waals surface area contributed by atoms with Gasteiger partial charge in [0, 0.05) is 6.61 Å². The summed E-state index contributed by atoms with van der Waals surface area (Å²) in [5.74, 6) is -0.850. The van der Waals surface area contributed by atoms with E-state index in [1.54, 1.807) is 13.8 Å². The van der Waals surface area contributed by atoms with Crippen LogP contribution in [0.4, 0.5) is 0 Å². The molecule has 0 saturated carbocycles. The van der Waals surface area contributed by atoms with Crippen LogP contribution in [0.2, 0.25) is 13.1 Å². The fourth-order valence-electron chi connectivity index (χ4n) is 4.14. The van der Waals surface area contributed by atoms with Crippen LogP contribution in [0.1, 0.15) is 30.5 Å². The number of aliphatic carboxylic acids is 1. The number of benzene rings is 3. The fraction of sp³-hybridized carbons (Fsp3) is 0.269. The molecule has 0 heterocycles. The van der Waals surface area contributed by atoms with Gasteiger partial charge in [0.1, 0.15) is 0 Å². The molecule has 0 aromatic heterocycles. The smallest absolute Gasteiger partial charge is 0.311 e. The van der Waals surface area contributed by atoms with E-state index in [9.17, 15) is 9.90 Å². The molecule has 0 bridgehead atoms. The minimum absolute atomic E-state index is 0.163. The van der Waals surface area contributed by atoms with Gasteiger partial charge in [0.2, 0.25) is 8.32 Å². The Hall–Kier alpha value is -2.69. The minimum Gasteiger partial charge on any atom is -0.481 e. The fourth-order valence-corrected chi connectivity index (χ4v) is 7.66. The van der Waals surface area contributed by atoms with Crippen molar-refractivity contribution < 1.29 is 14.3 Å². The zero-order valence-corrected chi connectivity index (χ0v) is 19.1. The van der Waals surface area contributed by atoms with E-state index in [1.165, 1.54) is 0 Å². The molecular formula is C26H30O3Si. The summed E-state index contributed by atoms with van der Waals surface area (Å²) in [6.45, 7) is 7.98. The van der Waals surface area contributed by atoms with Gasteiger partial charge in [-0.05, 0) is 43.6 Å². The van der Waals surface area contributed by atoms with Crippen molar-refractivity contribution in [1.29, 1.82) is 0 Å². The van der Waals surface area contributed by atoms with Gasteiger partial charge in [0.05, 0.1) is 10.5 Å². The van der Waals surface area contributed by atoms with E-state index in [-0.39, 0.29) is 6.61 Å². The lowest BCUT2D eigenvalue weighted by atomic mass is 9.84. The van der Waals surface area contributed by atoms with Crippen molar-refractivity contribution >= 4 is 14.3 Å². The average molecular weight is 419 g/mol. The third-order valence-corrected chi connectivity index (χ3v) is 9.43. The number of carboxylic acid groups (broad SMARTS) is 1. The molecule has 0 aliphatic carbocycles. The van der Waals surface area contributed by atoms with E-state index >= 15 is 0 Å². The topological polar surface area (TPSA) is 46.5 Å². The molecule has 3 aromatic rings. The first-order chi connectivity index (χ1) is 14.2. The van der Waals surface area contributed by atoms with Crippen molar-refractivity contribution in [3.63, 3.8) is 0 Å². The van der Waals surface area contributed by atoms with Crippen LogP contribution in [0.15, 0.2) is 91.0 Å². The van der Waals surface area contributed by atoms with Crippen LogP contribution in [-0.4, -0.2) is 26.0 Å². The number of hydrogen-bond acceptors (Lipinski definition) is 2. The first-order valence-electron chi connectivity index (χ1n) is 10.3. The SMILES string of the molecule is CC(C)(CO[Si](C)(C)C(c1ccccc1)(c1ccccc1)c1ccccc1)C(=O)O. The molecule has 4 heteroatoms. The van der Waals surface area contributed by atoms with Gasteiger partial charge in [0.25, 0.3) is 0 Å². The molecule has 156 valence electrons. The van der Waals surface area contributed by atoms with Crippen molar-refractivity contribution in [2.45, 2.75) is 32.0 Å². The van der Waals surface area contributed by atoms with Gasteiger partial charge in [-0.1, -0.05) is 91.0 Å². The van der Waals surface area contributed by atoms with Crippen LogP contribution in [0.3, 0.4) is 0 Å². The largest absolute Gasteiger partial charge is 0.481 e. The molecule has 1 N–H and O–H groups in total. The van der Waals surface area contributed by atoms with Crippen LogP contribution >= 0.6 is 0 Å². The van der Waals surface area contributed by atoms with Crippen LogP contribution in [-0.2, 0) is 14.3 Å². The Bertz CT molecular complexity index is 870. The van der Waals surface area contributed by atoms with E-state index in [0.29, 0.717) is 0 Å². The summed E-state index contributed by atoms with van der Waals surface area (Å²) >= 11 is 0. The standard InChI is InChI=1S/C26H30O3Si/c1-25(2,24(27)28)20-29-30(3,4)26(21-14-8-5-9-15-21,22-16-10-6-11-17-22)23-18-12-7-13-19-23/h5-19H,20H2,1-4H3,(H,27,28). The maximum Gasteiger partial charge on any atom is 0.311 e. The third kappa shape index (κ3) is 3.98. The van der Waals surface area contributed by atoms with Gasteiger partial charge in [0.15, 0.2) is 0 Å². The van der Waals surface area contributed by atoms with Crippen molar-refractivity contribution in [3.05, 3.63) is 108 Å². The summed E-state index contributed by atoms with van der Waals surface area (Å²) in [6, 6.07) is 31.3. The van der Waals surface area contributed by atoms with E-state index in [1.807, 2.05) is 18.2 Å². The van der Waals surface area contributed by atoms with E-state index in [4.69, 9.17) is 4.43 Å². The van der Waals surface area contributed by atoms with Gasteiger partial charge in [-0.15, -0.1) is 0 Å². The highest BCUT2D eigenvalue weighted by molar-refractivity contribution is 6.76. The van der Waals surface area contributed by atoms with Crippen molar-refractivity contribution in [1.82, 2.24) is 0 Å². The van der Waals surface area contributed by atoms with E-state index in [2.05, 4.69) is 85.9 Å². The minimum atomic E-state index is -2.62. The molecule has 0 amide bonds. The Morgan fingerprint density at radius 1 is 0.767 bits per heavy atom. The Kier molecular flexibility index (Phi) is 6.29. The van der Waals surface area contributed by atoms with Gasteiger partial charge in [-0.2, -0.15) is 0 Å². The first kappa shape index (κ1) is 22.0. The molecule has 0 unspecified atom stereocenters. The second-order valence-electron chi connectivity index (χ2n) is 8.84. The van der Waals surface area contributed by atoms with E-state index in [0.717, 1.165) is 16.7 Å². The molecule has 3 nitrogen and oxygen atoms in total.